The zero-order valence-corrected chi connectivity index (χ0v) is 18.9. The molecule has 2 heterocycles. The Labute approximate surface area is 192 Å². The highest BCUT2D eigenvalue weighted by atomic mass is 32.2. The summed E-state index contributed by atoms with van der Waals surface area (Å²) in [5, 5.41) is 8.57. The lowest BCUT2D eigenvalue weighted by atomic mass is 10.2. The van der Waals surface area contributed by atoms with E-state index in [2.05, 4.69) is 16.0 Å². The number of anilines is 3. The van der Waals surface area contributed by atoms with E-state index in [1.165, 1.54) is 40.7 Å². The van der Waals surface area contributed by atoms with Crippen molar-refractivity contribution in [1.82, 2.24) is 4.31 Å². The van der Waals surface area contributed by atoms with Crippen molar-refractivity contribution in [3.05, 3.63) is 48.3 Å². The zero-order chi connectivity index (χ0) is 23.3. The fourth-order valence-electron chi connectivity index (χ4n) is 3.72. The van der Waals surface area contributed by atoms with Gasteiger partial charge in [-0.05, 0) is 55.3 Å². The van der Waals surface area contributed by atoms with Gasteiger partial charge >= 0.3 is 6.03 Å². The summed E-state index contributed by atoms with van der Waals surface area (Å²) >= 11 is 0. The highest BCUT2D eigenvalue weighted by molar-refractivity contribution is 7.89. The number of sulfonamides is 1. The summed E-state index contributed by atoms with van der Waals surface area (Å²) in [6.07, 6.45) is 1.99. The minimum absolute atomic E-state index is 0.0580. The standard InChI is InChI=1S/C22H27FN4O5S/c23-16-3-5-17(6-4-16)25-22(28)26-21-14-19(33(29,30)27-9-12-31-13-10-27)7-8-20(21)24-15-18-2-1-11-32-18/h3-8,14,18,24H,1-2,9-13,15H2,(H2,25,26,28)/t18-/m1/s1. The first-order valence-corrected chi connectivity index (χ1v) is 12.3. The third-order valence-corrected chi connectivity index (χ3v) is 7.39. The van der Waals surface area contributed by atoms with E-state index >= 15 is 0 Å². The molecule has 2 fully saturated rings. The summed E-state index contributed by atoms with van der Waals surface area (Å²) in [5.74, 6) is -0.414. The first-order valence-electron chi connectivity index (χ1n) is 10.8. The molecular weight excluding hydrogens is 451 g/mol. The third kappa shape index (κ3) is 5.99. The van der Waals surface area contributed by atoms with Gasteiger partial charge in [0, 0.05) is 31.9 Å². The van der Waals surface area contributed by atoms with E-state index in [9.17, 15) is 17.6 Å². The number of benzene rings is 2. The maximum Gasteiger partial charge on any atom is 0.323 e. The number of amides is 2. The molecule has 2 saturated heterocycles. The number of carbonyl (C=O) groups excluding carboxylic acids is 1. The van der Waals surface area contributed by atoms with Gasteiger partial charge < -0.3 is 25.4 Å². The number of morpholine rings is 1. The van der Waals surface area contributed by atoms with Gasteiger partial charge in [0.05, 0.1) is 35.6 Å². The first-order chi connectivity index (χ1) is 15.9. The molecule has 0 spiro atoms. The molecule has 2 amide bonds. The van der Waals surface area contributed by atoms with Crippen molar-refractivity contribution in [1.29, 1.82) is 0 Å². The Morgan fingerprint density at radius 2 is 1.79 bits per heavy atom. The highest BCUT2D eigenvalue weighted by Gasteiger charge is 2.27. The normalized spacial score (nSPS) is 19.2. The van der Waals surface area contributed by atoms with Crippen molar-refractivity contribution >= 4 is 33.1 Å². The van der Waals surface area contributed by atoms with E-state index in [1.54, 1.807) is 6.07 Å². The summed E-state index contributed by atoms with van der Waals surface area (Å²) in [4.78, 5) is 12.7. The van der Waals surface area contributed by atoms with E-state index in [1.807, 2.05) is 0 Å². The van der Waals surface area contributed by atoms with Gasteiger partial charge in [0.25, 0.3) is 0 Å². The monoisotopic (exact) mass is 478 g/mol. The highest BCUT2D eigenvalue weighted by Crippen LogP contribution is 2.28. The molecule has 2 aliphatic rings. The second kappa shape index (κ2) is 10.5. The summed E-state index contributed by atoms with van der Waals surface area (Å²) < 4.78 is 51.6. The third-order valence-electron chi connectivity index (χ3n) is 5.49. The number of urea groups is 1. The number of hydrogen-bond donors (Lipinski definition) is 3. The molecule has 0 radical (unpaired) electrons. The molecule has 4 rings (SSSR count). The van der Waals surface area contributed by atoms with E-state index in [0.717, 1.165) is 12.8 Å². The minimum atomic E-state index is -3.74. The van der Waals surface area contributed by atoms with Crippen LogP contribution in [0.3, 0.4) is 0 Å². The largest absolute Gasteiger partial charge is 0.381 e. The Bertz CT molecular complexity index is 1070. The smallest absolute Gasteiger partial charge is 0.323 e. The molecule has 2 aliphatic heterocycles. The van der Waals surface area contributed by atoms with Crippen LogP contribution in [0.2, 0.25) is 0 Å². The Balaban J connectivity index is 1.55. The quantitative estimate of drug-likeness (QED) is 0.564. The number of nitrogens with one attached hydrogen (secondary N) is 3. The molecule has 33 heavy (non-hydrogen) atoms. The number of nitrogens with zero attached hydrogens (tertiary/aromatic N) is 1. The molecule has 0 unspecified atom stereocenters. The van der Waals surface area contributed by atoms with Crippen LogP contribution in [0.4, 0.5) is 26.2 Å². The van der Waals surface area contributed by atoms with Crippen molar-refractivity contribution in [2.75, 3.05) is 55.4 Å². The fourth-order valence-corrected chi connectivity index (χ4v) is 5.16. The van der Waals surface area contributed by atoms with Crippen molar-refractivity contribution < 1.29 is 27.1 Å². The van der Waals surface area contributed by atoms with Crippen LogP contribution in [0.1, 0.15) is 12.8 Å². The van der Waals surface area contributed by atoms with E-state index in [0.29, 0.717) is 43.4 Å². The lowest BCUT2D eigenvalue weighted by Crippen LogP contribution is -2.40. The molecule has 3 N–H and O–H groups in total. The van der Waals surface area contributed by atoms with E-state index < -0.39 is 21.9 Å². The molecule has 0 saturated carbocycles. The van der Waals surface area contributed by atoms with E-state index in [4.69, 9.17) is 9.47 Å². The van der Waals surface area contributed by atoms with Gasteiger partial charge in [0.15, 0.2) is 0 Å². The molecule has 1 atom stereocenters. The molecule has 0 aliphatic carbocycles. The van der Waals surface area contributed by atoms with Crippen LogP contribution in [-0.4, -0.2) is 64.3 Å². The molecule has 9 nitrogen and oxygen atoms in total. The molecule has 11 heteroatoms. The van der Waals surface area contributed by atoms with Crippen molar-refractivity contribution in [3.8, 4) is 0 Å². The van der Waals surface area contributed by atoms with Gasteiger partial charge in [-0.3, -0.25) is 0 Å². The number of carbonyl (C=O) groups is 1. The van der Waals surface area contributed by atoms with Gasteiger partial charge in [0.1, 0.15) is 5.82 Å². The average molecular weight is 479 g/mol. The van der Waals surface area contributed by atoms with Crippen molar-refractivity contribution in [2.45, 2.75) is 23.8 Å². The molecule has 2 aromatic carbocycles. The summed E-state index contributed by atoms with van der Waals surface area (Å²) in [5.41, 5.74) is 1.28. The Hall–Kier alpha value is -2.73. The average Bonchev–Trinajstić information content (AvgIpc) is 3.34. The van der Waals surface area contributed by atoms with Crippen LogP contribution in [-0.2, 0) is 19.5 Å². The lowest BCUT2D eigenvalue weighted by molar-refractivity contribution is 0.0730. The molecule has 0 aromatic heterocycles. The fraction of sp³-hybridized carbons (Fsp3) is 0.409. The SMILES string of the molecule is O=C(Nc1ccc(F)cc1)Nc1cc(S(=O)(=O)N2CCOCC2)ccc1NC[C@H]1CCCO1. The summed E-state index contributed by atoms with van der Waals surface area (Å²) in [6.45, 7) is 2.47. The number of rotatable bonds is 7. The maximum atomic E-state index is 13.1. The van der Waals surface area contributed by atoms with Crippen molar-refractivity contribution in [3.63, 3.8) is 0 Å². The number of hydrogen-bond acceptors (Lipinski definition) is 6. The Morgan fingerprint density at radius 3 is 2.48 bits per heavy atom. The van der Waals surface area contributed by atoms with Gasteiger partial charge in [-0.15, -0.1) is 0 Å². The Morgan fingerprint density at radius 1 is 1.03 bits per heavy atom. The summed E-state index contributed by atoms with van der Waals surface area (Å²) in [7, 11) is -3.74. The number of halogens is 1. The predicted octanol–water partition coefficient (Wildman–Crippen LogP) is 3.08. The van der Waals surface area contributed by atoms with Gasteiger partial charge in [0.2, 0.25) is 10.0 Å². The van der Waals surface area contributed by atoms with Gasteiger partial charge in [-0.2, -0.15) is 4.31 Å². The topological polar surface area (TPSA) is 109 Å². The lowest BCUT2D eigenvalue weighted by Gasteiger charge is -2.26. The van der Waals surface area contributed by atoms with Crippen LogP contribution in [0.25, 0.3) is 0 Å². The van der Waals surface area contributed by atoms with Gasteiger partial charge in [-0.25, -0.2) is 17.6 Å². The maximum absolute atomic E-state index is 13.1. The van der Waals surface area contributed by atoms with Crippen LogP contribution >= 0.6 is 0 Å². The second-order valence-electron chi connectivity index (χ2n) is 7.83. The summed E-state index contributed by atoms with van der Waals surface area (Å²) in [6, 6.07) is 9.35. The molecular formula is C22H27FN4O5S. The first kappa shape index (κ1) is 23.4. The second-order valence-corrected chi connectivity index (χ2v) is 9.76. The van der Waals surface area contributed by atoms with Crippen LogP contribution in [0.15, 0.2) is 47.4 Å². The molecule has 0 bridgehead atoms. The van der Waals surface area contributed by atoms with E-state index in [-0.39, 0.29) is 24.1 Å². The Kier molecular flexibility index (Phi) is 7.43. The van der Waals surface area contributed by atoms with Gasteiger partial charge in [-0.1, -0.05) is 0 Å². The molecule has 178 valence electrons. The van der Waals surface area contributed by atoms with Crippen LogP contribution in [0, 0.1) is 5.82 Å². The predicted molar refractivity (Wildman–Crippen MR) is 123 cm³/mol. The molecule has 2 aromatic rings. The number of ether oxygens (including phenoxy) is 2. The minimum Gasteiger partial charge on any atom is -0.381 e. The van der Waals surface area contributed by atoms with Crippen LogP contribution < -0.4 is 16.0 Å². The zero-order valence-electron chi connectivity index (χ0n) is 18.1. The van der Waals surface area contributed by atoms with Crippen LogP contribution in [0.5, 0.6) is 0 Å². The van der Waals surface area contributed by atoms with Crippen molar-refractivity contribution in [2.24, 2.45) is 0 Å².